The SMILES string of the molecule is COC(=O)C1=C2C=CC3C=CC2(OC1=O)C1C=CC(=C(C)C)C31. The van der Waals surface area contributed by atoms with E-state index < -0.39 is 17.5 Å². The Labute approximate surface area is 134 Å². The molecule has 0 aromatic heterocycles. The van der Waals surface area contributed by atoms with Gasteiger partial charge in [0.1, 0.15) is 0 Å². The smallest absolute Gasteiger partial charge is 0.347 e. The van der Waals surface area contributed by atoms with Gasteiger partial charge in [-0.2, -0.15) is 0 Å². The molecule has 1 aliphatic heterocycles. The maximum Gasteiger partial charge on any atom is 0.347 e. The van der Waals surface area contributed by atoms with Crippen molar-refractivity contribution >= 4 is 11.9 Å². The molecule has 0 saturated carbocycles. The van der Waals surface area contributed by atoms with Crippen LogP contribution in [0.5, 0.6) is 0 Å². The summed E-state index contributed by atoms with van der Waals surface area (Å²) in [5, 5.41) is 0. The van der Waals surface area contributed by atoms with Crippen molar-refractivity contribution < 1.29 is 19.1 Å². The van der Waals surface area contributed by atoms with Crippen molar-refractivity contribution in [3.05, 3.63) is 58.7 Å². The molecule has 118 valence electrons. The lowest BCUT2D eigenvalue weighted by molar-refractivity contribution is -0.150. The predicted octanol–water partition coefficient (Wildman–Crippen LogP) is 2.65. The lowest BCUT2D eigenvalue weighted by atomic mass is 9.67. The number of hydrogen-bond donors (Lipinski definition) is 0. The quantitative estimate of drug-likeness (QED) is 0.424. The largest absolute Gasteiger partial charge is 0.465 e. The van der Waals surface area contributed by atoms with E-state index in [-0.39, 0.29) is 23.3 Å². The fourth-order valence-corrected chi connectivity index (χ4v) is 4.31. The van der Waals surface area contributed by atoms with E-state index in [1.807, 2.05) is 12.2 Å². The van der Waals surface area contributed by atoms with Crippen molar-refractivity contribution in [3.8, 4) is 0 Å². The number of carbonyl (C=O) groups excluding carboxylic acids is 2. The molecule has 23 heavy (non-hydrogen) atoms. The fourth-order valence-electron chi connectivity index (χ4n) is 4.31. The first-order valence-corrected chi connectivity index (χ1v) is 7.79. The molecule has 5 aliphatic rings. The van der Waals surface area contributed by atoms with E-state index in [1.54, 1.807) is 0 Å². The Bertz CT molecular complexity index is 773. The number of rotatable bonds is 1. The van der Waals surface area contributed by atoms with Gasteiger partial charge in [-0.3, -0.25) is 0 Å². The van der Waals surface area contributed by atoms with Crippen LogP contribution in [-0.4, -0.2) is 24.6 Å². The summed E-state index contributed by atoms with van der Waals surface area (Å²) in [5.41, 5.74) is 2.32. The van der Waals surface area contributed by atoms with Crippen molar-refractivity contribution in [1.29, 1.82) is 0 Å². The van der Waals surface area contributed by atoms with E-state index in [2.05, 4.69) is 38.2 Å². The average molecular weight is 310 g/mol. The number of hydrogen-bond acceptors (Lipinski definition) is 4. The highest BCUT2D eigenvalue weighted by Gasteiger charge is 2.59. The zero-order chi connectivity index (χ0) is 16.4. The number of carbonyl (C=O) groups is 2. The third kappa shape index (κ3) is 1.66. The lowest BCUT2D eigenvalue weighted by Gasteiger charge is -2.40. The zero-order valence-corrected chi connectivity index (χ0v) is 13.3. The second-order valence-corrected chi connectivity index (χ2v) is 6.62. The molecule has 2 bridgehead atoms. The molecular weight excluding hydrogens is 292 g/mol. The normalized spacial score (nSPS) is 36.0. The maximum atomic E-state index is 12.4. The van der Waals surface area contributed by atoms with Crippen molar-refractivity contribution in [2.75, 3.05) is 7.11 Å². The molecule has 0 aromatic carbocycles. The molecule has 1 spiro atoms. The Morgan fingerprint density at radius 2 is 2.00 bits per heavy atom. The molecular formula is C19H18O4. The van der Waals surface area contributed by atoms with Crippen LogP contribution in [0, 0.1) is 17.8 Å². The Kier molecular flexibility index (Phi) is 2.83. The Morgan fingerprint density at radius 3 is 2.70 bits per heavy atom. The van der Waals surface area contributed by atoms with Gasteiger partial charge in [-0.15, -0.1) is 0 Å². The highest BCUT2D eigenvalue weighted by molar-refractivity contribution is 6.17. The van der Waals surface area contributed by atoms with Gasteiger partial charge in [-0.1, -0.05) is 36.0 Å². The van der Waals surface area contributed by atoms with E-state index >= 15 is 0 Å². The third-order valence-corrected chi connectivity index (χ3v) is 5.31. The van der Waals surface area contributed by atoms with Crippen LogP contribution in [0.1, 0.15) is 13.8 Å². The van der Waals surface area contributed by atoms with Gasteiger partial charge in [0.05, 0.1) is 7.11 Å². The van der Waals surface area contributed by atoms with Crippen LogP contribution in [0.25, 0.3) is 0 Å². The summed E-state index contributed by atoms with van der Waals surface area (Å²) in [4.78, 5) is 24.4. The Morgan fingerprint density at radius 1 is 1.22 bits per heavy atom. The van der Waals surface area contributed by atoms with E-state index in [1.165, 1.54) is 18.3 Å². The first kappa shape index (κ1) is 14.2. The van der Waals surface area contributed by atoms with Crippen LogP contribution in [0.2, 0.25) is 0 Å². The van der Waals surface area contributed by atoms with Crippen molar-refractivity contribution in [1.82, 2.24) is 0 Å². The van der Waals surface area contributed by atoms with E-state index in [4.69, 9.17) is 9.47 Å². The Hall–Kier alpha value is -2.36. The van der Waals surface area contributed by atoms with Gasteiger partial charge >= 0.3 is 11.9 Å². The predicted molar refractivity (Wildman–Crippen MR) is 84.1 cm³/mol. The Balaban J connectivity index is 1.95. The summed E-state index contributed by atoms with van der Waals surface area (Å²) in [6.45, 7) is 4.20. The van der Waals surface area contributed by atoms with Gasteiger partial charge in [0.2, 0.25) is 0 Å². The average Bonchev–Trinajstić information content (AvgIpc) is 3.00. The second-order valence-electron chi connectivity index (χ2n) is 6.62. The highest BCUT2D eigenvalue weighted by atomic mass is 16.6. The van der Waals surface area contributed by atoms with Crippen LogP contribution >= 0.6 is 0 Å². The molecule has 4 atom stereocenters. The molecule has 0 saturated heterocycles. The minimum atomic E-state index is -0.886. The summed E-state index contributed by atoms with van der Waals surface area (Å²) in [7, 11) is 1.28. The molecule has 0 N–H and O–H groups in total. The second kappa shape index (κ2) is 4.57. The van der Waals surface area contributed by atoms with Crippen LogP contribution in [0.4, 0.5) is 0 Å². The van der Waals surface area contributed by atoms with Gasteiger partial charge in [0.25, 0.3) is 0 Å². The third-order valence-electron chi connectivity index (χ3n) is 5.31. The van der Waals surface area contributed by atoms with Gasteiger partial charge < -0.3 is 9.47 Å². The molecule has 1 heterocycles. The van der Waals surface area contributed by atoms with Crippen molar-refractivity contribution in [2.45, 2.75) is 19.4 Å². The summed E-state index contributed by atoms with van der Waals surface area (Å²) < 4.78 is 10.6. The lowest BCUT2D eigenvalue weighted by Crippen LogP contribution is -2.43. The fraction of sp³-hybridized carbons (Fsp3) is 0.368. The van der Waals surface area contributed by atoms with Crippen molar-refractivity contribution in [2.24, 2.45) is 17.8 Å². The molecule has 0 aromatic rings. The number of esters is 2. The minimum absolute atomic E-state index is 0.0125. The minimum Gasteiger partial charge on any atom is -0.465 e. The van der Waals surface area contributed by atoms with Gasteiger partial charge in [0, 0.05) is 23.3 Å². The zero-order valence-electron chi connectivity index (χ0n) is 13.3. The molecule has 4 unspecified atom stereocenters. The first-order valence-electron chi connectivity index (χ1n) is 7.79. The molecule has 0 fully saturated rings. The molecule has 4 heteroatoms. The van der Waals surface area contributed by atoms with Crippen molar-refractivity contribution in [3.63, 3.8) is 0 Å². The molecule has 4 aliphatic carbocycles. The summed E-state index contributed by atoms with van der Waals surface area (Å²) in [5.74, 6) is -0.742. The topological polar surface area (TPSA) is 52.6 Å². The molecule has 0 amide bonds. The maximum absolute atomic E-state index is 12.4. The molecule has 5 rings (SSSR count). The standard InChI is InChI=1S/C19H18O4/c1-10(2)12-5-7-13-15(12)11-4-6-14-16(17(20)22-3)18(21)23-19(13,14)9-8-11/h4-9,11,13,15H,1-3H3. The van der Waals surface area contributed by atoms with E-state index in [0.717, 1.165) is 0 Å². The number of methoxy groups -OCH3 is 1. The van der Waals surface area contributed by atoms with Crippen LogP contribution in [0.3, 0.4) is 0 Å². The molecule has 0 radical (unpaired) electrons. The summed E-state index contributed by atoms with van der Waals surface area (Å²) in [6.07, 6.45) is 12.2. The summed E-state index contributed by atoms with van der Waals surface area (Å²) >= 11 is 0. The van der Waals surface area contributed by atoms with Crippen LogP contribution in [0.15, 0.2) is 58.7 Å². The first-order chi connectivity index (χ1) is 11.0. The van der Waals surface area contributed by atoms with Gasteiger partial charge in [-0.25, -0.2) is 9.59 Å². The number of allylic oxidation sites excluding steroid dienone is 5. The monoisotopic (exact) mass is 310 g/mol. The van der Waals surface area contributed by atoms with Gasteiger partial charge in [0.15, 0.2) is 11.2 Å². The molecule has 4 nitrogen and oxygen atoms in total. The van der Waals surface area contributed by atoms with Crippen LogP contribution < -0.4 is 0 Å². The van der Waals surface area contributed by atoms with Gasteiger partial charge in [-0.05, 0) is 25.5 Å². The van der Waals surface area contributed by atoms with E-state index in [0.29, 0.717) is 5.57 Å². The number of ether oxygens (including phenoxy) is 2. The van der Waals surface area contributed by atoms with E-state index in [9.17, 15) is 9.59 Å². The highest BCUT2D eigenvalue weighted by Crippen LogP contribution is 2.56. The summed E-state index contributed by atoms with van der Waals surface area (Å²) in [6, 6.07) is 0. The van der Waals surface area contributed by atoms with Crippen LogP contribution in [-0.2, 0) is 19.1 Å².